The van der Waals surface area contributed by atoms with Gasteiger partial charge in [-0.2, -0.15) is 0 Å². The van der Waals surface area contributed by atoms with E-state index in [1.807, 2.05) is 0 Å². The fraction of sp³-hybridized carbons (Fsp3) is 0.744. The first-order chi connectivity index (χ1) is 23.8. The number of allylic oxidation sites excluding steroid dienone is 8. The van der Waals surface area contributed by atoms with Crippen LogP contribution in [0.15, 0.2) is 48.6 Å². The third kappa shape index (κ3) is 37.1. The van der Waals surface area contributed by atoms with Crippen LogP contribution in [-0.2, 0) is 27.9 Å². The molecule has 9 nitrogen and oxygen atoms in total. The highest BCUT2D eigenvalue weighted by molar-refractivity contribution is 7.47. The van der Waals surface area contributed by atoms with E-state index in [0.29, 0.717) is 6.42 Å². The Hall–Kier alpha value is -2.03. The number of carbonyl (C=O) groups excluding carboxylic acids is 2. The summed E-state index contributed by atoms with van der Waals surface area (Å²) >= 11 is 0. The van der Waals surface area contributed by atoms with Crippen molar-refractivity contribution in [2.45, 2.75) is 161 Å². The van der Waals surface area contributed by atoms with E-state index in [1.165, 1.54) is 64.2 Å². The molecule has 2 atom stereocenters. The van der Waals surface area contributed by atoms with Gasteiger partial charge in [0.05, 0.1) is 13.2 Å². The van der Waals surface area contributed by atoms with Crippen molar-refractivity contribution in [3.05, 3.63) is 48.6 Å². The van der Waals surface area contributed by atoms with Gasteiger partial charge in [-0.15, -0.1) is 0 Å². The van der Waals surface area contributed by atoms with Crippen LogP contribution in [0.3, 0.4) is 0 Å². The van der Waals surface area contributed by atoms with Crippen LogP contribution in [0.4, 0.5) is 0 Å². The third-order valence-corrected chi connectivity index (χ3v) is 8.76. The van der Waals surface area contributed by atoms with Crippen LogP contribution < -0.4 is 5.32 Å². The summed E-state index contributed by atoms with van der Waals surface area (Å²) < 4.78 is 26.7. The Bertz CT molecular complexity index is 949. The van der Waals surface area contributed by atoms with Crippen molar-refractivity contribution in [3.8, 4) is 0 Å². The van der Waals surface area contributed by atoms with Gasteiger partial charge in [0.2, 0.25) is 5.91 Å². The first-order valence-corrected chi connectivity index (χ1v) is 20.6. The van der Waals surface area contributed by atoms with Gasteiger partial charge in [0, 0.05) is 19.4 Å². The summed E-state index contributed by atoms with van der Waals surface area (Å²) in [5.74, 6) is -0.561. The fourth-order valence-corrected chi connectivity index (χ4v) is 5.66. The molecule has 0 aromatic rings. The van der Waals surface area contributed by atoms with Crippen LogP contribution in [0, 0.1) is 0 Å². The van der Waals surface area contributed by atoms with Crippen molar-refractivity contribution in [1.29, 1.82) is 0 Å². The number of phosphoric ester groups is 1. The Balaban J connectivity index is 3.69. The Morgan fingerprint density at radius 2 is 1.16 bits per heavy atom. The number of hydrogen-bond acceptors (Lipinski definition) is 7. The highest BCUT2D eigenvalue weighted by Crippen LogP contribution is 2.42. The normalized spacial score (nSPS) is 14.0. The van der Waals surface area contributed by atoms with Crippen LogP contribution >= 0.6 is 7.82 Å². The van der Waals surface area contributed by atoms with Gasteiger partial charge in [0.25, 0.3) is 0 Å². The molecule has 2 unspecified atom stereocenters. The van der Waals surface area contributed by atoms with Gasteiger partial charge in [0.15, 0.2) is 0 Å². The summed E-state index contributed by atoms with van der Waals surface area (Å²) in [6.45, 7) is 3.37. The standard InChI is InChI=1S/C39H70NO8P/c1-3-5-7-9-11-13-15-17-18-20-21-23-25-27-29-31-38(42)40-33-34-47-49(44,45)48-36-37(41)35-46-39(43)32-30-28-26-24-22-19-16-14-12-10-8-6-4-2/h5,7,11,13,17-18,21,23,37,41H,3-4,6,8-10,12,14-16,19-20,22,24-36H2,1-2H3,(H,40,42)(H,44,45)/b7-5-,13-11-,18-17-,23-21-. The first-order valence-electron chi connectivity index (χ1n) is 19.1. The van der Waals surface area contributed by atoms with Gasteiger partial charge in [-0.3, -0.25) is 18.6 Å². The number of nitrogens with one attached hydrogen (secondary N) is 1. The van der Waals surface area contributed by atoms with Crippen molar-refractivity contribution < 1.29 is 37.9 Å². The number of carbonyl (C=O) groups is 2. The average Bonchev–Trinajstić information content (AvgIpc) is 3.08. The summed E-state index contributed by atoms with van der Waals surface area (Å²) in [7, 11) is -4.42. The number of ether oxygens (including phenoxy) is 1. The number of rotatable bonds is 35. The minimum absolute atomic E-state index is 0.0585. The average molecular weight is 712 g/mol. The lowest BCUT2D eigenvalue weighted by molar-refractivity contribution is -0.147. The van der Waals surface area contributed by atoms with Crippen molar-refractivity contribution in [3.63, 3.8) is 0 Å². The Morgan fingerprint density at radius 1 is 0.653 bits per heavy atom. The van der Waals surface area contributed by atoms with Gasteiger partial charge in [-0.05, 0) is 51.4 Å². The number of hydrogen-bond donors (Lipinski definition) is 3. The van der Waals surface area contributed by atoms with Crippen LogP contribution in [0.25, 0.3) is 0 Å². The second kappa shape index (κ2) is 35.8. The lowest BCUT2D eigenvalue weighted by Crippen LogP contribution is -2.27. The third-order valence-electron chi connectivity index (χ3n) is 7.77. The topological polar surface area (TPSA) is 131 Å². The van der Waals surface area contributed by atoms with E-state index in [2.05, 4.69) is 67.8 Å². The van der Waals surface area contributed by atoms with E-state index in [1.54, 1.807) is 0 Å². The quantitative estimate of drug-likeness (QED) is 0.0256. The molecule has 3 N–H and O–H groups in total. The molecule has 0 saturated heterocycles. The smallest absolute Gasteiger partial charge is 0.463 e. The molecule has 0 aromatic carbocycles. The molecule has 0 aliphatic carbocycles. The predicted octanol–water partition coefficient (Wildman–Crippen LogP) is 9.99. The molecular weight excluding hydrogens is 641 g/mol. The maximum atomic E-state index is 12.0. The zero-order valence-corrected chi connectivity index (χ0v) is 31.8. The van der Waals surface area contributed by atoms with E-state index in [-0.39, 0.29) is 32.1 Å². The summed E-state index contributed by atoms with van der Waals surface area (Å²) in [5, 5.41) is 12.6. The molecule has 0 fully saturated rings. The minimum atomic E-state index is -4.42. The van der Waals surface area contributed by atoms with Gasteiger partial charge >= 0.3 is 13.8 Å². The van der Waals surface area contributed by atoms with Crippen LogP contribution in [0.5, 0.6) is 0 Å². The maximum absolute atomic E-state index is 12.0. The van der Waals surface area contributed by atoms with E-state index in [9.17, 15) is 24.2 Å². The van der Waals surface area contributed by atoms with Crippen molar-refractivity contribution in [1.82, 2.24) is 5.32 Å². The Kier molecular flexibility index (Phi) is 34.3. The number of aliphatic hydroxyl groups is 1. The fourth-order valence-electron chi connectivity index (χ4n) is 4.90. The maximum Gasteiger partial charge on any atom is 0.472 e. The number of esters is 1. The van der Waals surface area contributed by atoms with Gasteiger partial charge < -0.3 is 20.1 Å². The summed E-state index contributed by atoms with van der Waals surface area (Å²) in [4.78, 5) is 33.7. The van der Waals surface area contributed by atoms with E-state index in [0.717, 1.165) is 64.2 Å². The zero-order chi connectivity index (χ0) is 36.1. The Labute approximate surface area is 298 Å². The molecule has 0 rings (SSSR count). The molecule has 284 valence electrons. The first kappa shape index (κ1) is 47.0. The number of amides is 1. The van der Waals surface area contributed by atoms with E-state index in [4.69, 9.17) is 13.8 Å². The van der Waals surface area contributed by atoms with Crippen molar-refractivity contribution in [2.24, 2.45) is 0 Å². The summed E-state index contributed by atoms with van der Waals surface area (Å²) in [6, 6.07) is 0. The molecule has 0 aliphatic heterocycles. The molecule has 0 aromatic heterocycles. The molecule has 49 heavy (non-hydrogen) atoms. The number of aliphatic hydroxyl groups excluding tert-OH is 1. The summed E-state index contributed by atoms with van der Waals surface area (Å²) in [5.41, 5.74) is 0. The van der Waals surface area contributed by atoms with Crippen LogP contribution in [0.1, 0.15) is 155 Å². The van der Waals surface area contributed by atoms with Gasteiger partial charge in [0.1, 0.15) is 12.7 Å². The van der Waals surface area contributed by atoms with Gasteiger partial charge in [-0.1, -0.05) is 140 Å². The van der Waals surface area contributed by atoms with Crippen molar-refractivity contribution in [2.75, 3.05) is 26.4 Å². The number of phosphoric acid groups is 1. The second-order valence-electron chi connectivity index (χ2n) is 12.5. The van der Waals surface area contributed by atoms with Crippen LogP contribution in [-0.4, -0.2) is 54.3 Å². The lowest BCUT2D eigenvalue weighted by Gasteiger charge is -2.15. The molecular formula is C39H70NO8P. The van der Waals surface area contributed by atoms with Crippen LogP contribution in [0.2, 0.25) is 0 Å². The molecule has 0 spiro atoms. The monoisotopic (exact) mass is 711 g/mol. The predicted molar refractivity (Wildman–Crippen MR) is 201 cm³/mol. The largest absolute Gasteiger partial charge is 0.472 e. The molecule has 0 bridgehead atoms. The lowest BCUT2D eigenvalue weighted by atomic mass is 10.0. The molecule has 0 heterocycles. The molecule has 0 radical (unpaired) electrons. The second-order valence-corrected chi connectivity index (χ2v) is 14.0. The van der Waals surface area contributed by atoms with E-state index >= 15 is 0 Å². The zero-order valence-electron chi connectivity index (χ0n) is 30.9. The Morgan fingerprint density at radius 3 is 1.73 bits per heavy atom. The SMILES string of the molecule is CC/C=C\C/C=C\C/C=C\C/C=C\CCCCC(=O)NCCOP(=O)(O)OCC(O)COC(=O)CCCCCCCCCCCCCCC. The minimum Gasteiger partial charge on any atom is -0.463 e. The van der Waals surface area contributed by atoms with Crippen molar-refractivity contribution >= 4 is 19.7 Å². The van der Waals surface area contributed by atoms with E-state index < -0.39 is 26.5 Å². The summed E-state index contributed by atoms with van der Waals surface area (Å²) in [6.07, 6.45) is 39.0. The highest BCUT2D eigenvalue weighted by Gasteiger charge is 2.23. The molecule has 0 aliphatic rings. The highest BCUT2D eigenvalue weighted by atomic mass is 31.2. The molecule has 10 heteroatoms. The molecule has 0 saturated carbocycles. The molecule has 1 amide bonds. The van der Waals surface area contributed by atoms with Gasteiger partial charge in [-0.25, -0.2) is 4.57 Å². The number of unbranched alkanes of at least 4 members (excludes halogenated alkanes) is 14.